The first-order valence-electron chi connectivity index (χ1n) is 11.0. The number of halogens is 1. The van der Waals surface area contributed by atoms with E-state index in [0.717, 1.165) is 38.3 Å². The normalized spacial score (nSPS) is 19.5. The van der Waals surface area contributed by atoms with Gasteiger partial charge < -0.3 is 4.74 Å². The van der Waals surface area contributed by atoms with Crippen LogP contribution in [0.4, 0.5) is 4.39 Å². The van der Waals surface area contributed by atoms with Crippen molar-refractivity contribution in [1.82, 2.24) is 9.80 Å². The summed E-state index contributed by atoms with van der Waals surface area (Å²) in [6.45, 7) is 5.39. The molecule has 5 rings (SSSR count). The van der Waals surface area contributed by atoms with Gasteiger partial charge in [0.1, 0.15) is 18.2 Å². The molecule has 0 radical (unpaired) electrons. The van der Waals surface area contributed by atoms with Crippen LogP contribution in [-0.4, -0.2) is 42.5 Å². The van der Waals surface area contributed by atoms with E-state index in [4.69, 9.17) is 4.74 Å². The Labute approximate surface area is 183 Å². The molecule has 0 amide bonds. The van der Waals surface area contributed by atoms with Gasteiger partial charge in [0.15, 0.2) is 0 Å². The van der Waals surface area contributed by atoms with E-state index in [9.17, 15) is 4.39 Å². The lowest BCUT2D eigenvalue weighted by atomic mass is 9.93. The molecule has 2 aliphatic heterocycles. The maximum atomic E-state index is 13.9. The number of fused-ring (bicyclic) bond motifs is 2. The van der Waals surface area contributed by atoms with Crippen molar-refractivity contribution in [2.24, 2.45) is 0 Å². The zero-order chi connectivity index (χ0) is 21.0. The molecule has 2 heterocycles. The molecule has 2 aliphatic rings. The number of benzene rings is 3. The van der Waals surface area contributed by atoms with Crippen molar-refractivity contribution in [3.63, 3.8) is 0 Å². The van der Waals surface area contributed by atoms with Crippen molar-refractivity contribution in [2.45, 2.75) is 12.6 Å². The summed E-state index contributed by atoms with van der Waals surface area (Å²) < 4.78 is 19.9. The van der Waals surface area contributed by atoms with Crippen LogP contribution in [0.2, 0.25) is 0 Å². The Balaban J connectivity index is 1.32. The Morgan fingerprint density at radius 1 is 0.871 bits per heavy atom. The minimum atomic E-state index is -0.251. The highest BCUT2D eigenvalue weighted by Gasteiger charge is 2.31. The van der Waals surface area contributed by atoms with Crippen molar-refractivity contribution >= 4 is 6.08 Å². The molecule has 158 valence electrons. The first-order valence-corrected chi connectivity index (χ1v) is 11.0. The molecule has 4 heteroatoms. The van der Waals surface area contributed by atoms with Crippen LogP contribution in [0, 0.1) is 5.82 Å². The van der Waals surface area contributed by atoms with Gasteiger partial charge in [0.25, 0.3) is 0 Å². The Hall–Kier alpha value is -2.95. The number of rotatable bonds is 4. The van der Waals surface area contributed by atoms with Gasteiger partial charge in [0.2, 0.25) is 0 Å². The van der Waals surface area contributed by atoms with Crippen LogP contribution in [0.1, 0.15) is 28.3 Å². The second-order valence-electron chi connectivity index (χ2n) is 8.22. The fraction of sp³-hybridized carbons (Fsp3) is 0.259. The Kier molecular flexibility index (Phi) is 5.83. The van der Waals surface area contributed by atoms with E-state index in [1.165, 1.54) is 22.8 Å². The van der Waals surface area contributed by atoms with Gasteiger partial charge in [-0.1, -0.05) is 72.8 Å². The van der Waals surface area contributed by atoms with Gasteiger partial charge in [-0.3, -0.25) is 9.80 Å². The first-order chi connectivity index (χ1) is 15.3. The third-order valence-electron chi connectivity index (χ3n) is 6.25. The molecule has 3 nitrogen and oxygen atoms in total. The maximum Gasteiger partial charge on any atom is 0.127 e. The first kappa shape index (κ1) is 20.0. The fourth-order valence-electron chi connectivity index (χ4n) is 4.61. The van der Waals surface area contributed by atoms with Gasteiger partial charge >= 0.3 is 0 Å². The fourth-order valence-corrected chi connectivity index (χ4v) is 4.61. The molecule has 0 aromatic heterocycles. The molecule has 1 saturated heterocycles. The van der Waals surface area contributed by atoms with Crippen molar-refractivity contribution < 1.29 is 9.13 Å². The molecule has 3 aromatic rings. The molecule has 31 heavy (non-hydrogen) atoms. The highest BCUT2D eigenvalue weighted by Crippen LogP contribution is 2.40. The largest absolute Gasteiger partial charge is 0.488 e. The topological polar surface area (TPSA) is 15.7 Å². The van der Waals surface area contributed by atoms with Crippen LogP contribution in [0.15, 0.2) is 78.9 Å². The smallest absolute Gasteiger partial charge is 0.127 e. The summed E-state index contributed by atoms with van der Waals surface area (Å²) in [7, 11) is 0. The lowest BCUT2D eigenvalue weighted by molar-refractivity contribution is 0.117. The molecular formula is C27H27FN2O. The minimum Gasteiger partial charge on any atom is -0.488 e. The molecule has 0 spiro atoms. The van der Waals surface area contributed by atoms with Gasteiger partial charge in [-0.15, -0.1) is 0 Å². The SMILES string of the molecule is Fc1ccc2c(c1)OCc1ccccc1C2N1CCN(C/C=C/c2ccccc2)CC1. The summed E-state index contributed by atoms with van der Waals surface area (Å²) in [4.78, 5) is 5.00. The number of ether oxygens (including phenoxy) is 1. The highest BCUT2D eigenvalue weighted by molar-refractivity contribution is 5.49. The van der Waals surface area contributed by atoms with Gasteiger partial charge in [0, 0.05) is 44.4 Å². The lowest BCUT2D eigenvalue weighted by Crippen LogP contribution is -2.47. The summed E-state index contributed by atoms with van der Waals surface area (Å²) in [5, 5.41) is 0. The minimum absolute atomic E-state index is 0.0938. The summed E-state index contributed by atoms with van der Waals surface area (Å²) in [5.74, 6) is 0.410. The van der Waals surface area contributed by atoms with Crippen LogP contribution < -0.4 is 4.74 Å². The molecule has 1 atom stereocenters. The number of hydrogen-bond acceptors (Lipinski definition) is 3. The standard InChI is InChI=1S/C27H27FN2O/c28-23-12-13-25-26(19-23)31-20-22-10-4-5-11-24(22)27(25)30-17-15-29(16-18-30)14-6-9-21-7-2-1-3-8-21/h1-13,19,27H,14-18,20H2/b9-6+. The second kappa shape index (κ2) is 9.04. The number of piperazine rings is 1. The van der Waals surface area contributed by atoms with Crippen LogP contribution in [-0.2, 0) is 6.61 Å². The molecule has 0 bridgehead atoms. The predicted octanol–water partition coefficient (Wildman–Crippen LogP) is 5.14. The van der Waals surface area contributed by atoms with Gasteiger partial charge in [-0.05, 0) is 22.8 Å². The van der Waals surface area contributed by atoms with E-state index >= 15 is 0 Å². The van der Waals surface area contributed by atoms with E-state index in [1.807, 2.05) is 18.2 Å². The maximum absolute atomic E-state index is 13.9. The quantitative estimate of drug-likeness (QED) is 0.588. The Morgan fingerprint density at radius 3 is 2.48 bits per heavy atom. The van der Waals surface area contributed by atoms with Crippen molar-refractivity contribution in [3.8, 4) is 5.75 Å². The van der Waals surface area contributed by atoms with Gasteiger partial charge in [-0.25, -0.2) is 4.39 Å². The third kappa shape index (κ3) is 4.41. The van der Waals surface area contributed by atoms with Gasteiger partial charge in [0.05, 0.1) is 6.04 Å². The number of hydrogen-bond donors (Lipinski definition) is 0. The zero-order valence-electron chi connectivity index (χ0n) is 17.6. The van der Waals surface area contributed by atoms with Crippen molar-refractivity contribution in [2.75, 3.05) is 32.7 Å². The monoisotopic (exact) mass is 414 g/mol. The van der Waals surface area contributed by atoms with Crippen molar-refractivity contribution in [3.05, 3.63) is 107 Å². The van der Waals surface area contributed by atoms with Gasteiger partial charge in [-0.2, -0.15) is 0 Å². The summed E-state index contributed by atoms with van der Waals surface area (Å²) in [6.07, 6.45) is 4.44. The Morgan fingerprint density at radius 2 is 1.65 bits per heavy atom. The number of nitrogens with zero attached hydrogens (tertiary/aromatic N) is 2. The molecule has 3 aromatic carbocycles. The summed E-state index contributed by atoms with van der Waals surface area (Å²) >= 11 is 0. The zero-order valence-corrected chi connectivity index (χ0v) is 17.6. The highest BCUT2D eigenvalue weighted by atomic mass is 19.1. The molecule has 0 saturated carbocycles. The van der Waals surface area contributed by atoms with Crippen LogP contribution >= 0.6 is 0 Å². The second-order valence-corrected chi connectivity index (χ2v) is 8.22. The lowest BCUT2D eigenvalue weighted by Gasteiger charge is -2.39. The van der Waals surface area contributed by atoms with E-state index in [0.29, 0.717) is 12.4 Å². The molecule has 0 aliphatic carbocycles. The predicted molar refractivity (Wildman–Crippen MR) is 123 cm³/mol. The van der Waals surface area contributed by atoms with E-state index in [-0.39, 0.29) is 11.9 Å². The third-order valence-corrected chi connectivity index (χ3v) is 6.25. The molecular weight excluding hydrogens is 387 g/mol. The summed E-state index contributed by atoms with van der Waals surface area (Å²) in [5.41, 5.74) is 4.74. The van der Waals surface area contributed by atoms with E-state index in [1.54, 1.807) is 6.07 Å². The summed E-state index contributed by atoms with van der Waals surface area (Å²) in [6, 6.07) is 23.9. The van der Waals surface area contributed by atoms with E-state index in [2.05, 4.69) is 64.4 Å². The molecule has 1 unspecified atom stereocenters. The van der Waals surface area contributed by atoms with Crippen LogP contribution in [0.25, 0.3) is 6.08 Å². The average Bonchev–Trinajstić information content (AvgIpc) is 2.97. The van der Waals surface area contributed by atoms with Crippen molar-refractivity contribution in [1.29, 1.82) is 0 Å². The molecule has 1 fully saturated rings. The average molecular weight is 415 g/mol. The van der Waals surface area contributed by atoms with Crippen LogP contribution in [0.3, 0.4) is 0 Å². The van der Waals surface area contributed by atoms with E-state index < -0.39 is 0 Å². The van der Waals surface area contributed by atoms with Crippen LogP contribution in [0.5, 0.6) is 5.75 Å². The Bertz CT molecular complexity index is 1060. The molecule has 0 N–H and O–H groups in total.